The molecule has 0 unspecified atom stereocenters. The highest BCUT2D eigenvalue weighted by Gasteiger charge is 2.09. The summed E-state index contributed by atoms with van der Waals surface area (Å²) in [5.74, 6) is 0.822. The van der Waals surface area contributed by atoms with E-state index >= 15 is 0 Å². The zero-order chi connectivity index (χ0) is 17.6. The molecule has 2 heterocycles. The number of imidazole rings is 1. The van der Waals surface area contributed by atoms with Crippen LogP contribution in [0.2, 0.25) is 0 Å². The van der Waals surface area contributed by atoms with Crippen molar-refractivity contribution in [3.8, 4) is 11.4 Å². The summed E-state index contributed by atoms with van der Waals surface area (Å²) in [4.78, 5) is 4.60. The van der Waals surface area contributed by atoms with E-state index in [1.54, 1.807) is 0 Å². The summed E-state index contributed by atoms with van der Waals surface area (Å²) in [5, 5.41) is 1.02. The van der Waals surface area contributed by atoms with Gasteiger partial charge in [0.25, 0.3) is 0 Å². The molecule has 0 atom stereocenters. The summed E-state index contributed by atoms with van der Waals surface area (Å²) >= 11 is 0. The second-order valence-corrected chi connectivity index (χ2v) is 6.11. The Bertz CT molecular complexity index is 1050. The topological polar surface area (TPSA) is 17.3 Å². The standard InChI is InChI=1S/C21H20N2/c1-15(2)12-16-8-11-20-18(13-16)9-10-19-14-22-21(23(19)20)17-6-4-3-5-7-17/h3-11,13-15H,12H2,1-2H3/i12D2. The van der Waals surface area contributed by atoms with Crippen LogP contribution in [0, 0.1) is 5.92 Å². The zero-order valence-electron chi connectivity index (χ0n) is 15.3. The molecule has 0 fully saturated rings. The molecular weight excluding hydrogens is 280 g/mol. The Kier molecular flexibility index (Phi) is 2.87. The molecule has 2 aromatic heterocycles. The molecule has 0 bridgehead atoms. The minimum atomic E-state index is -1.35. The highest BCUT2D eigenvalue weighted by Crippen LogP contribution is 2.26. The third kappa shape index (κ3) is 2.50. The molecule has 0 spiro atoms. The smallest absolute Gasteiger partial charge is 0.144 e. The van der Waals surface area contributed by atoms with Crippen LogP contribution < -0.4 is 0 Å². The van der Waals surface area contributed by atoms with Gasteiger partial charge in [0.15, 0.2) is 0 Å². The summed E-state index contributed by atoms with van der Waals surface area (Å²) < 4.78 is 18.8. The Hall–Kier alpha value is -2.61. The number of rotatable bonds is 3. The fourth-order valence-electron chi connectivity index (χ4n) is 3.02. The van der Waals surface area contributed by atoms with Crippen molar-refractivity contribution in [3.05, 3.63) is 72.4 Å². The van der Waals surface area contributed by atoms with Crippen LogP contribution in [0.4, 0.5) is 0 Å². The lowest BCUT2D eigenvalue weighted by Gasteiger charge is -2.10. The minimum absolute atomic E-state index is 0.0817. The van der Waals surface area contributed by atoms with Crippen LogP contribution in [0.15, 0.2) is 66.9 Å². The Morgan fingerprint density at radius 1 is 1.04 bits per heavy atom. The molecular formula is C21H20N2. The predicted octanol–water partition coefficient (Wildman–Crippen LogP) is 5.35. The summed E-state index contributed by atoms with van der Waals surface area (Å²) in [7, 11) is 0. The molecule has 4 rings (SSSR count). The first-order chi connectivity index (χ1) is 12.0. The molecule has 2 nitrogen and oxygen atoms in total. The zero-order valence-corrected chi connectivity index (χ0v) is 13.3. The first-order valence-electron chi connectivity index (χ1n) is 8.94. The number of hydrogen-bond acceptors (Lipinski definition) is 1. The summed E-state index contributed by atoms with van der Waals surface area (Å²) in [6.45, 7) is 3.83. The summed E-state index contributed by atoms with van der Waals surface area (Å²) in [5.41, 5.74) is 3.86. The molecule has 23 heavy (non-hydrogen) atoms. The van der Waals surface area contributed by atoms with Crippen molar-refractivity contribution in [3.63, 3.8) is 0 Å². The highest BCUT2D eigenvalue weighted by molar-refractivity contribution is 5.85. The number of benzene rings is 2. The Balaban J connectivity index is 1.97. The fourth-order valence-corrected chi connectivity index (χ4v) is 3.02. The Labute approximate surface area is 139 Å². The number of fused-ring (bicyclic) bond motifs is 3. The molecule has 4 aromatic rings. The highest BCUT2D eigenvalue weighted by atomic mass is 15.0. The average molecular weight is 302 g/mol. The van der Waals surface area contributed by atoms with Gasteiger partial charge in [-0.2, -0.15) is 0 Å². The van der Waals surface area contributed by atoms with Gasteiger partial charge in [-0.25, -0.2) is 4.98 Å². The van der Waals surface area contributed by atoms with E-state index in [2.05, 4.69) is 21.5 Å². The van der Waals surface area contributed by atoms with E-state index in [0.717, 1.165) is 33.4 Å². The largest absolute Gasteiger partial charge is 0.292 e. The van der Waals surface area contributed by atoms with Gasteiger partial charge >= 0.3 is 0 Å². The van der Waals surface area contributed by atoms with E-state index in [0.29, 0.717) is 0 Å². The molecule has 0 saturated carbocycles. The van der Waals surface area contributed by atoms with Crippen LogP contribution in [0.3, 0.4) is 0 Å². The molecule has 0 aliphatic heterocycles. The van der Waals surface area contributed by atoms with Crippen LogP contribution in [-0.4, -0.2) is 9.38 Å². The van der Waals surface area contributed by atoms with E-state index < -0.39 is 6.37 Å². The van der Waals surface area contributed by atoms with Crippen molar-refractivity contribution in [2.24, 2.45) is 5.92 Å². The number of aromatic nitrogens is 2. The molecule has 0 amide bonds. The van der Waals surface area contributed by atoms with E-state index in [-0.39, 0.29) is 5.92 Å². The Morgan fingerprint density at radius 3 is 2.65 bits per heavy atom. The molecule has 0 N–H and O–H groups in total. The maximum absolute atomic E-state index is 8.35. The maximum Gasteiger partial charge on any atom is 0.144 e. The molecule has 114 valence electrons. The van der Waals surface area contributed by atoms with Crippen molar-refractivity contribution in [1.29, 1.82) is 0 Å². The predicted molar refractivity (Wildman–Crippen MR) is 96.7 cm³/mol. The lowest BCUT2D eigenvalue weighted by atomic mass is 10.0. The van der Waals surface area contributed by atoms with Crippen LogP contribution in [0.1, 0.15) is 22.2 Å². The molecule has 0 aliphatic carbocycles. The lowest BCUT2D eigenvalue weighted by Crippen LogP contribution is -1.96. The van der Waals surface area contributed by atoms with Gasteiger partial charge in [-0.3, -0.25) is 4.40 Å². The van der Waals surface area contributed by atoms with Crippen molar-refractivity contribution in [2.45, 2.75) is 20.2 Å². The van der Waals surface area contributed by atoms with E-state index in [1.807, 2.05) is 68.6 Å². The maximum atomic E-state index is 8.35. The van der Waals surface area contributed by atoms with Gasteiger partial charge in [0.05, 0.1) is 17.2 Å². The van der Waals surface area contributed by atoms with Crippen molar-refractivity contribution >= 4 is 16.4 Å². The third-order valence-electron chi connectivity index (χ3n) is 3.98. The van der Waals surface area contributed by atoms with Crippen LogP contribution in [-0.2, 0) is 6.37 Å². The van der Waals surface area contributed by atoms with Crippen LogP contribution in [0.25, 0.3) is 27.8 Å². The van der Waals surface area contributed by atoms with Gasteiger partial charge in [0.2, 0.25) is 0 Å². The van der Waals surface area contributed by atoms with Gasteiger partial charge in [0, 0.05) is 8.30 Å². The van der Waals surface area contributed by atoms with Crippen molar-refractivity contribution in [2.75, 3.05) is 0 Å². The van der Waals surface area contributed by atoms with Gasteiger partial charge in [-0.1, -0.05) is 56.3 Å². The number of pyridine rings is 1. The van der Waals surface area contributed by atoms with Crippen LogP contribution in [0.5, 0.6) is 0 Å². The van der Waals surface area contributed by atoms with Crippen molar-refractivity contribution < 1.29 is 2.74 Å². The van der Waals surface area contributed by atoms with Crippen molar-refractivity contribution in [1.82, 2.24) is 9.38 Å². The first kappa shape index (κ1) is 11.9. The third-order valence-corrected chi connectivity index (χ3v) is 3.98. The number of hydrogen-bond donors (Lipinski definition) is 0. The second kappa shape index (κ2) is 5.54. The second-order valence-electron chi connectivity index (χ2n) is 6.11. The SMILES string of the molecule is [2H]C([2H])(c1ccc2c(ccc3cnc(-c4ccccc4)n32)c1)C(C)C. The van der Waals surface area contributed by atoms with E-state index in [1.165, 1.54) is 0 Å². The summed E-state index contributed by atoms with van der Waals surface area (Å²) in [6, 6.07) is 20.1. The van der Waals surface area contributed by atoms with Gasteiger partial charge < -0.3 is 0 Å². The van der Waals surface area contributed by atoms with Gasteiger partial charge in [-0.15, -0.1) is 0 Å². The van der Waals surface area contributed by atoms with Crippen LogP contribution >= 0.6 is 0 Å². The molecule has 2 heteroatoms. The van der Waals surface area contributed by atoms with Gasteiger partial charge in [0.1, 0.15) is 5.82 Å². The molecule has 0 aliphatic rings. The Morgan fingerprint density at radius 2 is 1.87 bits per heavy atom. The monoisotopic (exact) mass is 302 g/mol. The molecule has 0 radical (unpaired) electrons. The normalized spacial score (nSPS) is 13.5. The van der Waals surface area contributed by atoms with E-state index in [4.69, 9.17) is 2.74 Å². The average Bonchev–Trinajstić information content (AvgIpc) is 3.06. The fraction of sp³-hybridized carbons (Fsp3) is 0.190. The minimum Gasteiger partial charge on any atom is -0.292 e. The summed E-state index contributed by atoms with van der Waals surface area (Å²) in [6.07, 6.45) is 0.531. The lowest BCUT2D eigenvalue weighted by molar-refractivity contribution is 0.648. The molecule has 2 aromatic carbocycles. The quantitative estimate of drug-likeness (QED) is 0.498. The van der Waals surface area contributed by atoms with E-state index in [9.17, 15) is 0 Å². The first-order valence-corrected chi connectivity index (χ1v) is 7.94. The number of nitrogens with zero attached hydrogens (tertiary/aromatic N) is 2. The van der Waals surface area contributed by atoms with Gasteiger partial charge in [-0.05, 0) is 41.4 Å². The molecule has 0 saturated heterocycles.